The molecule has 3 rings (SSSR count). The van der Waals surface area contributed by atoms with Crippen LogP contribution >= 0.6 is 0 Å². The molecule has 0 spiro atoms. The van der Waals surface area contributed by atoms with Crippen LogP contribution in [-0.4, -0.2) is 24.3 Å². The maximum atomic E-state index is 12.7. The molecular formula is C19H23F3N2. The number of nitrogens with one attached hydrogen (secondary N) is 1. The van der Waals surface area contributed by atoms with Crippen LogP contribution in [0.5, 0.6) is 0 Å². The van der Waals surface area contributed by atoms with E-state index in [-0.39, 0.29) is 0 Å². The Hall–Kier alpha value is -1.75. The molecule has 130 valence electrons. The molecule has 0 aliphatic heterocycles. The molecule has 2 aromatic rings. The van der Waals surface area contributed by atoms with Crippen molar-refractivity contribution in [3.63, 3.8) is 0 Å². The summed E-state index contributed by atoms with van der Waals surface area (Å²) in [5, 5.41) is 3.16. The van der Waals surface area contributed by atoms with E-state index >= 15 is 0 Å². The predicted molar refractivity (Wildman–Crippen MR) is 90.2 cm³/mol. The number of likely N-dealkylation sites (N-methyl/N-ethyl adjacent to an activating group) is 1. The quantitative estimate of drug-likeness (QED) is 0.858. The van der Waals surface area contributed by atoms with Crippen molar-refractivity contribution in [3.05, 3.63) is 47.2 Å². The molecule has 0 bridgehead atoms. The third-order valence-corrected chi connectivity index (χ3v) is 4.62. The maximum absolute atomic E-state index is 12.7. The van der Waals surface area contributed by atoms with E-state index in [0.717, 1.165) is 37.2 Å². The van der Waals surface area contributed by atoms with Crippen molar-refractivity contribution in [2.75, 3.05) is 13.6 Å². The number of halogens is 3. The fraction of sp³-hybridized carbons (Fsp3) is 0.474. The molecule has 0 radical (unpaired) electrons. The average Bonchev–Trinajstić information content (AvgIpc) is 2.90. The van der Waals surface area contributed by atoms with Crippen LogP contribution in [-0.2, 0) is 25.8 Å². The number of aryl methyl sites for hydroxylation is 1. The number of hydrogen-bond donors (Lipinski definition) is 1. The van der Waals surface area contributed by atoms with E-state index in [0.29, 0.717) is 5.56 Å². The normalized spacial score (nSPS) is 14.7. The van der Waals surface area contributed by atoms with Gasteiger partial charge in [-0.3, -0.25) is 0 Å². The summed E-state index contributed by atoms with van der Waals surface area (Å²) < 4.78 is 40.4. The minimum Gasteiger partial charge on any atom is -0.343 e. The van der Waals surface area contributed by atoms with Gasteiger partial charge in [-0.2, -0.15) is 13.2 Å². The molecule has 0 atom stereocenters. The molecule has 0 unspecified atom stereocenters. The number of fused-ring (bicyclic) bond motifs is 1. The molecule has 1 heterocycles. The monoisotopic (exact) mass is 336 g/mol. The SMILES string of the molecule is CNCCn1c(-c2cccc(CC(F)(F)F)c2)cc2c1CCCC2. The van der Waals surface area contributed by atoms with Gasteiger partial charge in [-0.15, -0.1) is 0 Å². The first-order valence-corrected chi connectivity index (χ1v) is 8.50. The second-order valence-corrected chi connectivity index (χ2v) is 6.46. The first-order chi connectivity index (χ1) is 11.5. The fourth-order valence-corrected chi connectivity index (χ4v) is 3.56. The van der Waals surface area contributed by atoms with Crippen LogP contribution in [0.25, 0.3) is 11.3 Å². The highest BCUT2D eigenvalue weighted by molar-refractivity contribution is 5.64. The lowest BCUT2D eigenvalue weighted by Crippen LogP contribution is -2.18. The predicted octanol–water partition coefficient (Wildman–Crippen LogP) is 4.36. The van der Waals surface area contributed by atoms with Crippen LogP contribution in [0.1, 0.15) is 29.7 Å². The zero-order valence-corrected chi connectivity index (χ0v) is 13.9. The van der Waals surface area contributed by atoms with Gasteiger partial charge in [0.25, 0.3) is 0 Å². The minimum absolute atomic E-state index is 0.319. The topological polar surface area (TPSA) is 17.0 Å². The van der Waals surface area contributed by atoms with E-state index in [4.69, 9.17) is 0 Å². The highest BCUT2D eigenvalue weighted by Gasteiger charge is 2.28. The first-order valence-electron chi connectivity index (χ1n) is 8.50. The maximum Gasteiger partial charge on any atom is 0.393 e. The number of benzene rings is 1. The van der Waals surface area contributed by atoms with Gasteiger partial charge in [0.2, 0.25) is 0 Å². The second kappa shape index (κ2) is 7.01. The van der Waals surface area contributed by atoms with Gasteiger partial charge in [-0.05, 0) is 61.6 Å². The van der Waals surface area contributed by atoms with Crippen molar-refractivity contribution in [3.8, 4) is 11.3 Å². The summed E-state index contributed by atoms with van der Waals surface area (Å²) >= 11 is 0. The van der Waals surface area contributed by atoms with E-state index in [2.05, 4.69) is 16.0 Å². The molecule has 0 amide bonds. The van der Waals surface area contributed by atoms with Crippen LogP contribution in [0.15, 0.2) is 30.3 Å². The van der Waals surface area contributed by atoms with Crippen molar-refractivity contribution in [2.24, 2.45) is 0 Å². The first kappa shape index (κ1) is 17.1. The second-order valence-electron chi connectivity index (χ2n) is 6.46. The van der Waals surface area contributed by atoms with Crippen LogP contribution in [0.4, 0.5) is 13.2 Å². The van der Waals surface area contributed by atoms with Crippen molar-refractivity contribution >= 4 is 0 Å². The van der Waals surface area contributed by atoms with E-state index in [1.807, 2.05) is 13.1 Å². The minimum atomic E-state index is -4.17. The smallest absolute Gasteiger partial charge is 0.343 e. The van der Waals surface area contributed by atoms with Crippen molar-refractivity contribution in [1.29, 1.82) is 0 Å². The Morgan fingerprint density at radius 2 is 1.92 bits per heavy atom. The number of alkyl halides is 3. The summed E-state index contributed by atoms with van der Waals surface area (Å²) in [4.78, 5) is 0. The van der Waals surface area contributed by atoms with Gasteiger partial charge in [-0.1, -0.05) is 18.2 Å². The number of aromatic nitrogens is 1. The molecule has 1 aliphatic rings. The Balaban J connectivity index is 1.99. The van der Waals surface area contributed by atoms with E-state index in [1.54, 1.807) is 18.2 Å². The summed E-state index contributed by atoms with van der Waals surface area (Å²) in [6.07, 6.45) is -0.553. The highest BCUT2D eigenvalue weighted by atomic mass is 19.4. The summed E-state index contributed by atoms with van der Waals surface area (Å²) in [6.45, 7) is 1.68. The number of nitrogens with zero attached hydrogens (tertiary/aromatic N) is 1. The summed E-state index contributed by atoms with van der Waals surface area (Å²) in [7, 11) is 1.92. The molecular weight excluding hydrogens is 313 g/mol. The number of rotatable bonds is 5. The molecule has 0 saturated heterocycles. The Morgan fingerprint density at radius 1 is 1.12 bits per heavy atom. The van der Waals surface area contributed by atoms with Gasteiger partial charge in [0.15, 0.2) is 0 Å². The Kier molecular flexibility index (Phi) is 4.99. The highest BCUT2D eigenvalue weighted by Crippen LogP contribution is 2.32. The molecule has 1 aromatic carbocycles. The summed E-state index contributed by atoms with van der Waals surface area (Å²) in [5.41, 5.74) is 4.95. The molecule has 5 heteroatoms. The van der Waals surface area contributed by atoms with Gasteiger partial charge in [0, 0.05) is 24.5 Å². The lowest BCUT2D eigenvalue weighted by Gasteiger charge is -2.17. The van der Waals surface area contributed by atoms with Gasteiger partial charge in [0.05, 0.1) is 6.42 Å². The van der Waals surface area contributed by atoms with E-state index in [9.17, 15) is 13.2 Å². The van der Waals surface area contributed by atoms with Crippen LogP contribution < -0.4 is 5.32 Å². The Bertz CT molecular complexity index is 701. The zero-order chi connectivity index (χ0) is 17.2. The van der Waals surface area contributed by atoms with E-state index in [1.165, 1.54) is 24.1 Å². The summed E-state index contributed by atoms with van der Waals surface area (Å²) in [5.74, 6) is 0. The van der Waals surface area contributed by atoms with Crippen LogP contribution in [0.2, 0.25) is 0 Å². The Labute approximate surface area is 140 Å². The van der Waals surface area contributed by atoms with Crippen molar-refractivity contribution in [2.45, 2.75) is 44.8 Å². The standard InChI is InChI=1S/C19H23F3N2/c1-23-9-10-24-17-8-3-2-6-16(17)12-18(24)15-7-4-5-14(11-15)13-19(20,21)22/h4-5,7,11-12,23H,2-3,6,8-10,13H2,1H3. The van der Waals surface area contributed by atoms with Gasteiger partial charge in [0.1, 0.15) is 0 Å². The van der Waals surface area contributed by atoms with Gasteiger partial charge in [-0.25, -0.2) is 0 Å². The van der Waals surface area contributed by atoms with Crippen LogP contribution in [0.3, 0.4) is 0 Å². The largest absolute Gasteiger partial charge is 0.393 e. The van der Waals surface area contributed by atoms with Crippen molar-refractivity contribution < 1.29 is 13.2 Å². The molecule has 1 N–H and O–H groups in total. The van der Waals surface area contributed by atoms with Crippen LogP contribution in [0, 0.1) is 0 Å². The third-order valence-electron chi connectivity index (χ3n) is 4.62. The molecule has 1 aromatic heterocycles. The Morgan fingerprint density at radius 3 is 2.67 bits per heavy atom. The molecule has 0 saturated carbocycles. The molecule has 24 heavy (non-hydrogen) atoms. The molecule has 0 fully saturated rings. The molecule has 1 aliphatic carbocycles. The lowest BCUT2D eigenvalue weighted by molar-refractivity contribution is -0.127. The summed E-state index contributed by atoms with van der Waals surface area (Å²) in [6, 6.07) is 9.06. The average molecular weight is 336 g/mol. The van der Waals surface area contributed by atoms with Gasteiger partial charge < -0.3 is 9.88 Å². The zero-order valence-electron chi connectivity index (χ0n) is 13.9. The number of hydrogen-bond acceptors (Lipinski definition) is 1. The molecule has 2 nitrogen and oxygen atoms in total. The van der Waals surface area contributed by atoms with Gasteiger partial charge >= 0.3 is 6.18 Å². The van der Waals surface area contributed by atoms with E-state index < -0.39 is 12.6 Å². The lowest BCUT2D eigenvalue weighted by atomic mass is 9.98. The van der Waals surface area contributed by atoms with Crippen molar-refractivity contribution in [1.82, 2.24) is 9.88 Å². The third kappa shape index (κ3) is 3.83. The fourth-order valence-electron chi connectivity index (χ4n) is 3.56.